The van der Waals surface area contributed by atoms with Crippen LogP contribution in [-0.4, -0.2) is 30.8 Å². The van der Waals surface area contributed by atoms with Crippen LogP contribution in [0.15, 0.2) is 54.6 Å². The SMILES string of the molecule is Cc1ccc(-c2nc(C=N)c(NC[C@H]3CCNC3)cc2-c2ccc(C#N)cc2)cc1. The second kappa shape index (κ2) is 8.89. The lowest BCUT2D eigenvalue weighted by Crippen LogP contribution is -2.18. The van der Waals surface area contributed by atoms with Crippen molar-refractivity contribution in [3.8, 4) is 28.5 Å². The van der Waals surface area contributed by atoms with Crippen LogP contribution < -0.4 is 10.6 Å². The summed E-state index contributed by atoms with van der Waals surface area (Å²) in [6, 6.07) is 20.1. The summed E-state index contributed by atoms with van der Waals surface area (Å²) in [4.78, 5) is 4.87. The molecule has 2 aromatic carbocycles. The van der Waals surface area contributed by atoms with Gasteiger partial charge >= 0.3 is 0 Å². The van der Waals surface area contributed by atoms with Crippen LogP contribution in [0.3, 0.4) is 0 Å². The van der Waals surface area contributed by atoms with Crippen molar-refractivity contribution in [1.82, 2.24) is 10.3 Å². The van der Waals surface area contributed by atoms with Crippen LogP contribution in [0.25, 0.3) is 22.4 Å². The number of nitrogens with zero attached hydrogens (tertiary/aromatic N) is 2. The van der Waals surface area contributed by atoms with E-state index in [0.29, 0.717) is 17.2 Å². The molecule has 3 aromatic rings. The monoisotopic (exact) mass is 395 g/mol. The van der Waals surface area contributed by atoms with Crippen molar-refractivity contribution in [2.45, 2.75) is 13.3 Å². The molecule has 0 unspecified atom stereocenters. The average Bonchev–Trinajstić information content (AvgIpc) is 3.31. The van der Waals surface area contributed by atoms with Crippen LogP contribution in [0, 0.1) is 29.6 Å². The number of benzene rings is 2. The second-order valence-electron chi connectivity index (χ2n) is 7.76. The minimum atomic E-state index is 0.582. The van der Waals surface area contributed by atoms with Gasteiger partial charge in [-0.15, -0.1) is 0 Å². The van der Waals surface area contributed by atoms with Crippen molar-refractivity contribution in [2.75, 3.05) is 25.0 Å². The van der Waals surface area contributed by atoms with Crippen LogP contribution >= 0.6 is 0 Å². The maximum atomic E-state index is 9.14. The first kappa shape index (κ1) is 19.8. The lowest BCUT2D eigenvalue weighted by molar-refractivity contribution is 0.615. The van der Waals surface area contributed by atoms with E-state index in [4.69, 9.17) is 15.7 Å². The Labute approximate surface area is 177 Å². The molecule has 0 spiro atoms. The van der Waals surface area contributed by atoms with Gasteiger partial charge in [0.05, 0.1) is 23.0 Å². The van der Waals surface area contributed by atoms with Gasteiger partial charge in [0.25, 0.3) is 0 Å². The molecular weight excluding hydrogens is 370 g/mol. The van der Waals surface area contributed by atoms with Gasteiger partial charge in [0.1, 0.15) is 5.69 Å². The Kier molecular flexibility index (Phi) is 5.87. The molecule has 2 heterocycles. The Morgan fingerprint density at radius 3 is 2.53 bits per heavy atom. The van der Waals surface area contributed by atoms with Crippen molar-refractivity contribution < 1.29 is 0 Å². The summed E-state index contributed by atoms with van der Waals surface area (Å²) in [7, 11) is 0. The first-order valence-electron chi connectivity index (χ1n) is 10.3. The van der Waals surface area contributed by atoms with E-state index in [-0.39, 0.29) is 0 Å². The number of anilines is 1. The molecule has 0 bridgehead atoms. The molecule has 150 valence electrons. The van der Waals surface area contributed by atoms with Crippen molar-refractivity contribution >= 4 is 11.9 Å². The molecule has 1 fully saturated rings. The highest BCUT2D eigenvalue weighted by Gasteiger charge is 2.17. The van der Waals surface area contributed by atoms with E-state index in [9.17, 15) is 0 Å². The third kappa shape index (κ3) is 4.24. The Balaban J connectivity index is 1.79. The van der Waals surface area contributed by atoms with Crippen molar-refractivity contribution in [3.63, 3.8) is 0 Å². The molecule has 1 atom stereocenters. The molecule has 1 aromatic heterocycles. The lowest BCUT2D eigenvalue weighted by Gasteiger charge is -2.17. The summed E-state index contributed by atoms with van der Waals surface area (Å²) in [5, 5.41) is 24.0. The first-order valence-corrected chi connectivity index (χ1v) is 10.3. The maximum absolute atomic E-state index is 9.14. The van der Waals surface area contributed by atoms with Crippen molar-refractivity contribution in [1.29, 1.82) is 10.7 Å². The molecule has 0 radical (unpaired) electrons. The number of nitriles is 1. The highest BCUT2D eigenvalue weighted by Crippen LogP contribution is 2.34. The minimum Gasteiger partial charge on any atom is -0.383 e. The number of rotatable bonds is 6. The average molecular weight is 396 g/mol. The van der Waals surface area contributed by atoms with E-state index in [1.807, 2.05) is 24.3 Å². The van der Waals surface area contributed by atoms with Gasteiger partial charge < -0.3 is 16.0 Å². The highest BCUT2D eigenvalue weighted by molar-refractivity contribution is 5.91. The van der Waals surface area contributed by atoms with Gasteiger partial charge in [0.15, 0.2) is 0 Å². The number of pyridine rings is 1. The Hall–Kier alpha value is -3.49. The molecular formula is C25H25N5. The molecule has 3 N–H and O–H groups in total. The fraction of sp³-hybridized carbons (Fsp3) is 0.240. The van der Waals surface area contributed by atoms with Crippen molar-refractivity contribution in [3.05, 3.63) is 71.4 Å². The molecule has 1 aliphatic heterocycles. The van der Waals surface area contributed by atoms with E-state index < -0.39 is 0 Å². The summed E-state index contributed by atoms with van der Waals surface area (Å²) >= 11 is 0. The Bertz CT molecular complexity index is 1070. The number of aromatic nitrogens is 1. The number of hydrogen-bond donors (Lipinski definition) is 3. The van der Waals surface area contributed by atoms with Crippen molar-refractivity contribution in [2.24, 2.45) is 5.92 Å². The van der Waals surface area contributed by atoms with Gasteiger partial charge in [-0.3, -0.25) is 0 Å². The third-order valence-corrected chi connectivity index (χ3v) is 5.58. The Morgan fingerprint density at radius 2 is 1.90 bits per heavy atom. The molecule has 4 rings (SSSR count). The lowest BCUT2D eigenvalue weighted by atomic mass is 9.96. The fourth-order valence-electron chi connectivity index (χ4n) is 3.80. The first-order chi connectivity index (χ1) is 14.7. The number of nitrogens with one attached hydrogen (secondary N) is 3. The van der Waals surface area contributed by atoms with Gasteiger partial charge in [-0.25, -0.2) is 4.98 Å². The summed E-state index contributed by atoms with van der Waals surface area (Å²) in [6.45, 7) is 4.99. The van der Waals surface area contributed by atoms with Gasteiger partial charge in [-0.2, -0.15) is 5.26 Å². The van der Waals surface area contributed by atoms with Crippen LogP contribution in [0.2, 0.25) is 0 Å². The summed E-state index contributed by atoms with van der Waals surface area (Å²) < 4.78 is 0. The zero-order chi connectivity index (χ0) is 20.9. The molecule has 5 nitrogen and oxygen atoms in total. The van der Waals surface area contributed by atoms with E-state index in [2.05, 4.69) is 54.0 Å². The molecule has 30 heavy (non-hydrogen) atoms. The topological polar surface area (TPSA) is 84.6 Å². The van der Waals surface area contributed by atoms with Gasteiger partial charge in [0, 0.05) is 23.9 Å². The van der Waals surface area contributed by atoms with E-state index in [1.165, 1.54) is 11.8 Å². The zero-order valence-electron chi connectivity index (χ0n) is 17.1. The second-order valence-corrected chi connectivity index (χ2v) is 7.76. The molecule has 1 aliphatic rings. The molecule has 5 heteroatoms. The molecule has 0 saturated carbocycles. The molecule has 0 amide bonds. The van der Waals surface area contributed by atoms with E-state index in [0.717, 1.165) is 54.1 Å². The Morgan fingerprint density at radius 1 is 1.17 bits per heavy atom. The van der Waals surface area contributed by atoms with Crippen LogP contribution in [0.1, 0.15) is 23.2 Å². The highest BCUT2D eigenvalue weighted by atomic mass is 15.0. The molecule has 1 saturated heterocycles. The van der Waals surface area contributed by atoms with Crippen LogP contribution in [0.4, 0.5) is 5.69 Å². The standard InChI is InChI=1S/C25H25N5/c1-17-2-6-21(7-3-17)25-22(20-8-4-18(13-26)5-9-20)12-23(24(14-27)30-25)29-16-19-10-11-28-15-19/h2-9,12,14,19,27-29H,10-11,15-16H2,1H3/t19-/m0/s1. The minimum absolute atomic E-state index is 0.582. The quantitative estimate of drug-likeness (QED) is 0.532. The largest absolute Gasteiger partial charge is 0.383 e. The van der Waals surface area contributed by atoms with Crippen LogP contribution in [-0.2, 0) is 0 Å². The summed E-state index contributed by atoms with van der Waals surface area (Å²) in [5.41, 5.74) is 7.16. The molecule has 0 aliphatic carbocycles. The van der Waals surface area contributed by atoms with E-state index in [1.54, 1.807) is 0 Å². The smallest absolute Gasteiger partial charge is 0.104 e. The van der Waals surface area contributed by atoms with Gasteiger partial charge in [0.2, 0.25) is 0 Å². The third-order valence-electron chi connectivity index (χ3n) is 5.58. The van der Waals surface area contributed by atoms with E-state index >= 15 is 0 Å². The number of hydrogen-bond acceptors (Lipinski definition) is 5. The predicted octanol–water partition coefficient (Wildman–Crippen LogP) is 4.61. The zero-order valence-corrected chi connectivity index (χ0v) is 17.1. The normalized spacial score (nSPS) is 15.5. The van der Waals surface area contributed by atoms with Gasteiger partial charge in [-0.1, -0.05) is 42.0 Å². The summed E-state index contributed by atoms with van der Waals surface area (Å²) in [5.74, 6) is 0.582. The van der Waals surface area contributed by atoms with Crippen LogP contribution in [0.5, 0.6) is 0 Å². The summed E-state index contributed by atoms with van der Waals surface area (Å²) in [6.07, 6.45) is 2.47. The van der Waals surface area contributed by atoms with Gasteiger partial charge in [-0.05, 0) is 56.1 Å². The maximum Gasteiger partial charge on any atom is 0.104 e. The fourth-order valence-corrected chi connectivity index (χ4v) is 3.80. The predicted molar refractivity (Wildman–Crippen MR) is 122 cm³/mol. The number of aryl methyl sites for hydroxylation is 1.